The normalized spacial score (nSPS) is 11.1. The van der Waals surface area contributed by atoms with Gasteiger partial charge in [0.25, 0.3) is 23.6 Å². The van der Waals surface area contributed by atoms with Gasteiger partial charge in [0.05, 0.1) is 89.6 Å². The van der Waals surface area contributed by atoms with Gasteiger partial charge in [-0.05, 0) is 219 Å². The van der Waals surface area contributed by atoms with Crippen molar-refractivity contribution in [2.75, 3.05) is 87.3 Å². The molecular weight excluding hydrogens is 1730 g/mol. The molecule has 640 valence electrons. The summed E-state index contributed by atoms with van der Waals surface area (Å²) in [6.07, 6.45) is 15.2. The number of ether oxygens (including phenoxy) is 3. The largest absolute Gasteiger partial charge is 0.469 e. The Kier molecular flexibility index (Phi) is 35.2. The highest BCUT2D eigenvalue weighted by Gasteiger charge is 2.21. The molecule has 13 aromatic rings. The number of aryl methyl sites for hydroxylation is 1. The maximum Gasteiger partial charge on any atom is 0.306 e. The van der Waals surface area contributed by atoms with Gasteiger partial charge >= 0.3 is 5.97 Å². The third kappa shape index (κ3) is 28.3. The van der Waals surface area contributed by atoms with Crippen molar-refractivity contribution in [3.63, 3.8) is 0 Å². The molecule has 13 rings (SSSR count). The minimum absolute atomic E-state index is 0.0251. The monoisotopic (exact) mass is 1810 g/mol. The van der Waals surface area contributed by atoms with E-state index < -0.39 is 41.9 Å². The molecule has 0 spiro atoms. The fourth-order valence-corrected chi connectivity index (χ4v) is 15.3. The molecule has 0 aliphatic heterocycles. The number of pyridine rings is 5. The lowest BCUT2D eigenvalue weighted by atomic mass is 10.1. The minimum atomic E-state index is -3.82. The first-order valence-electron chi connectivity index (χ1n) is 37.9. The summed E-state index contributed by atoms with van der Waals surface area (Å²) >= 11 is 25.1. The SMILES string of the molecule is COC(=O)CCNS(=O)(=O)c1ccc(C(=O)Nc2ccc(Cl)c(-c3ccccn3)c2)cc1.COCCCNS(=O)(=O)c1ccc(C(=O)Nc2ccc(Cl)c(-c3ccccn3)c2)cc1.COCCNS(=O)(=O)c1ccc(C(=O)Nc2ccc(Cl)c(-c3ccccn3)c2)cc1.O=C(Nc1ccc(Cl)c(-c2ccccn2)c1)c1ccc(NCCCn2ccnc2)nc1. The number of aromatic nitrogens is 7. The maximum absolute atomic E-state index is 12.6. The lowest BCUT2D eigenvalue weighted by molar-refractivity contribution is -0.140. The molecule has 0 unspecified atom stereocenters. The average molecular weight is 1810 g/mol. The molecule has 0 aliphatic rings. The lowest BCUT2D eigenvalue weighted by Crippen LogP contribution is -2.27. The molecule has 0 saturated heterocycles. The van der Waals surface area contributed by atoms with Gasteiger partial charge in [-0.15, -0.1) is 0 Å². The fraction of sp³-hybridized carbons (Fsp3) is 0.148. The number of imidazole rings is 1. The Balaban J connectivity index is 0.000000173. The van der Waals surface area contributed by atoms with Gasteiger partial charge < -0.3 is 45.4 Å². The highest BCUT2D eigenvalue weighted by atomic mass is 35.5. The number of methoxy groups -OCH3 is 3. The number of anilines is 5. The molecule has 4 amide bonds. The van der Waals surface area contributed by atoms with Gasteiger partial charge in [0.1, 0.15) is 5.82 Å². The van der Waals surface area contributed by atoms with E-state index in [1.54, 1.807) is 142 Å². The van der Waals surface area contributed by atoms with Crippen molar-refractivity contribution in [2.45, 2.75) is 40.5 Å². The summed E-state index contributed by atoms with van der Waals surface area (Å²) in [5, 5.41) is 16.6. The van der Waals surface area contributed by atoms with Crippen molar-refractivity contribution in [3.8, 4) is 45.0 Å². The van der Waals surface area contributed by atoms with Crippen molar-refractivity contribution >= 4 is 135 Å². The maximum atomic E-state index is 12.6. The molecule has 8 N–H and O–H groups in total. The first-order valence-corrected chi connectivity index (χ1v) is 43.8. The molecule has 6 aromatic heterocycles. The molecule has 0 saturated carbocycles. The van der Waals surface area contributed by atoms with E-state index in [4.69, 9.17) is 55.9 Å². The molecule has 0 radical (unpaired) electrons. The second-order valence-electron chi connectivity index (χ2n) is 26.4. The van der Waals surface area contributed by atoms with Crippen LogP contribution in [0.1, 0.15) is 60.7 Å². The summed E-state index contributed by atoms with van der Waals surface area (Å²) < 4.78 is 97.0. The van der Waals surface area contributed by atoms with E-state index in [0.717, 1.165) is 36.6 Å². The van der Waals surface area contributed by atoms with Gasteiger partial charge in [-0.25, -0.2) is 49.4 Å². The van der Waals surface area contributed by atoms with E-state index in [-0.39, 0.29) is 70.6 Å². The zero-order valence-electron chi connectivity index (χ0n) is 66.7. The van der Waals surface area contributed by atoms with Crippen LogP contribution in [0.4, 0.5) is 28.6 Å². The summed E-state index contributed by atoms with van der Waals surface area (Å²) in [6, 6.07) is 63.0. The van der Waals surface area contributed by atoms with E-state index in [0.29, 0.717) is 106 Å². The summed E-state index contributed by atoms with van der Waals surface area (Å²) in [4.78, 5) is 87.2. The van der Waals surface area contributed by atoms with Gasteiger partial charge in [-0.2, -0.15) is 0 Å². The van der Waals surface area contributed by atoms with Crippen LogP contribution in [0.15, 0.2) is 295 Å². The predicted octanol–water partition coefficient (Wildman–Crippen LogP) is 15.8. The van der Waals surface area contributed by atoms with Crippen LogP contribution in [0, 0.1) is 0 Å². The van der Waals surface area contributed by atoms with E-state index in [9.17, 15) is 49.2 Å². The molecule has 0 atom stereocenters. The minimum Gasteiger partial charge on any atom is -0.469 e. The van der Waals surface area contributed by atoms with E-state index in [1.807, 2.05) is 77.5 Å². The van der Waals surface area contributed by atoms with Crippen LogP contribution < -0.4 is 40.8 Å². The molecule has 29 nitrogen and oxygen atoms in total. The van der Waals surface area contributed by atoms with Gasteiger partial charge in [-0.3, -0.25) is 43.9 Å². The van der Waals surface area contributed by atoms with Gasteiger partial charge in [0, 0.05) is 159 Å². The van der Waals surface area contributed by atoms with Crippen molar-refractivity contribution in [3.05, 3.63) is 323 Å². The average Bonchev–Trinajstić information content (AvgIpc) is 1.00. The summed E-state index contributed by atoms with van der Waals surface area (Å²) in [7, 11) is -6.85. The topological polar surface area (TPSA) is 394 Å². The number of sulfonamides is 3. The Labute approximate surface area is 736 Å². The molecule has 0 fully saturated rings. The van der Waals surface area contributed by atoms with Crippen molar-refractivity contribution in [1.82, 2.24) is 48.6 Å². The van der Waals surface area contributed by atoms with E-state index in [1.165, 1.54) is 87.0 Å². The molecule has 7 aromatic carbocycles. The number of nitrogens with one attached hydrogen (secondary N) is 8. The number of esters is 1. The number of amides is 4. The van der Waals surface area contributed by atoms with Crippen molar-refractivity contribution in [2.24, 2.45) is 0 Å². The first-order chi connectivity index (χ1) is 59.8. The Morgan fingerprint density at radius 2 is 0.726 bits per heavy atom. The zero-order valence-corrected chi connectivity index (χ0v) is 72.2. The second kappa shape index (κ2) is 46.6. The Morgan fingerprint density at radius 3 is 1.05 bits per heavy atom. The highest BCUT2D eigenvalue weighted by Crippen LogP contribution is 2.34. The quantitative estimate of drug-likeness (QED) is 0.0140. The second-order valence-corrected chi connectivity index (χ2v) is 33.3. The molecule has 0 aliphatic carbocycles. The highest BCUT2D eigenvalue weighted by molar-refractivity contribution is 7.90. The lowest BCUT2D eigenvalue weighted by Gasteiger charge is -2.10. The van der Waals surface area contributed by atoms with Crippen LogP contribution in [0.3, 0.4) is 0 Å². The van der Waals surface area contributed by atoms with Crippen LogP contribution in [0.25, 0.3) is 45.0 Å². The molecule has 36 heteroatoms. The Hall–Kier alpha value is -12.5. The first kappa shape index (κ1) is 93.7. The number of nitrogens with zero attached hydrogens (tertiary/aromatic N) is 7. The van der Waals surface area contributed by atoms with Crippen LogP contribution in [0.2, 0.25) is 20.1 Å². The number of benzene rings is 7. The van der Waals surface area contributed by atoms with Gasteiger partial charge in [0.2, 0.25) is 30.1 Å². The van der Waals surface area contributed by atoms with Crippen LogP contribution in [-0.4, -0.2) is 150 Å². The summed E-state index contributed by atoms with van der Waals surface area (Å²) in [6.45, 7) is 2.73. The van der Waals surface area contributed by atoms with Crippen LogP contribution in [-0.2, 0) is 55.6 Å². The summed E-state index contributed by atoms with van der Waals surface area (Å²) in [5.41, 5.74) is 9.24. The summed E-state index contributed by atoms with van der Waals surface area (Å²) in [5.74, 6) is -1.19. The third-order valence-electron chi connectivity index (χ3n) is 17.7. The van der Waals surface area contributed by atoms with Crippen molar-refractivity contribution < 1.29 is 63.4 Å². The van der Waals surface area contributed by atoms with Crippen LogP contribution >= 0.6 is 46.4 Å². The molecule has 6 heterocycles. The number of carbonyl (C=O) groups is 5. The van der Waals surface area contributed by atoms with Crippen molar-refractivity contribution in [1.29, 1.82) is 0 Å². The number of halogens is 4. The van der Waals surface area contributed by atoms with Crippen LogP contribution in [0.5, 0.6) is 0 Å². The number of rotatable bonds is 33. The molecular formula is C88H83Cl4N15O14S3. The van der Waals surface area contributed by atoms with E-state index >= 15 is 0 Å². The van der Waals surface area contributed by atoms with E-state index in [2.05, 4.69) is 75.4 Å². The molecule has 0 bridgehead atoms. The molecule has 124 heavy (non-hydrogen) atoms. The number of hydrogen-bond acceptors (Lipinski definition) is 21. The smallest absolute Gasteiger partial charge is 0.306 e. The number of hydrogen-bond donors (Lipinski definition) is 8. The zero-order chi connectivity index (χ0) is 88.4. The predicted molar refractivity (Wildman–Crippen MR) is 480 cm³/mol. The Bertz CT molecular complexity index is 6100. The standard InChI is InChI=1S/C23H21ClN6O.C22H20ClN3O5S.C22H22ClN3O4S.C21H20ClN3O4S/c24-20-7-6-18(14-19(20)21-4-1-2-9-26-21)29-23(31)17-5-8-22(28-15-17)27-10-3-12-30-13-11-25-16-30;1-31-21(27)11-13-25-32(29,30)17-8-5-15(6-9-17)22(28)26-16-7-10-19(23)18(14-16)20-4-2-3-12-24-20;1-30-14-4-13-25-31(28,29)18-9-6-16(7-10-18)22(27)26-17-8-11-20(23)19(15-17)21-5-2-3-12-24-21;1-29-13-12-24-30(27,28)17-8-5-15(6-9-17)21(26)25-16-7-10-19(22)18(14-16)20-4-2-3-11-23-20/h1-2,4-9,11,13-16H,3,10,12H2,(H,27,28)(H,29,31);2-10,12,14,25H,11,13H2,1H3,(H,26,28);2-3,5-12,15,25H,4,13-14H2,1H3,(H,26,27);2-11,14,24H,12-13H2,1H3,(H,25,26). The van der Waals surface area contributed by atoms with Gasteiger partial charge in [-0.1, -0.05) is 70.7 Å². The fourth-order valence-electron chi connectivity index (χ4n) is 11.3. The Morgan fingerprint density at radius 1 is 0.371 bits per heavy atom. The third-order valence-corrected chi connectivity index (χ3v) is 23.4. The van der Waals surface area contributed by atoms with Gasteiger partial charge in [0.15, 0.2) is 0 Å². The number of carbonyl (C=O) groups excluding carboxylic acids is 5.